The van der Waals surface area contributed by atoms with Crippen LogP contribution < -0.4 is 35.4 Å². The second kappa shape index (κ2) is 34.2. The molecule has 5 aliphatic heterocycles. The number of methoxy groups -OCH3 is 1. The van der Waals surface area contributed by atoms with Gasteiger partial charge in [0.25, 0.3) is 19.3 Å². The van der Waals surface area contributed by atoms with Crippen molar-refractivity contribution in [2.75, 3.05) is 136 Å². The lowest BCUT2D eigenvalue weighted by atomic mass is 9.79. The molecule has 32 heteroatoms. The molecule has 5 saturated heterocycles. The van der Waals surface area contributed by atoms with Crippen molar-refractivity contribution in [1.82, 2.24) is 59.6 Å². The average Bonchev–Trinajstić information content (AvgIpc) is 1.71. The Bertz CT molecular complexity index is 5180. The van der Waals surface area contributed by atoms with Gasteiger partial charge in [-0.05, 0) is 131 Å². The molecule has 23 nitrogen and oxygen atoms in total. The number of pyridine rings is 3. The molecule has 6 aromatic heterocycles. The van der Waals surface area contributed by atoms with Crippen LogP contribution in [0.15, 0.2) is 116 Å². The van der Waals surface area contributed by atoms with E-state index in [1.165, 1.54) is 49.9 Å². The Balaban J connectivity index is 0.000000151. The van der Waals surface area contributed by atoms with Gasteiger partial charge in [-0.1, -0.05) is 54.6 Å². The third-order valence-electron chi connectivity index (χ3n) is 21.5. The number of benzene rings is 4. The molecule has 5 fully saturated rings. The fourth-order valence-electron chi connectivity index (χ4n) is 15.6. The zero-order valence-corrected chi connectivity index (χ0v) is 65.9. The maximum atomic E-state index is 14.8. The summed E-state index contributed by atoms with van der Waals surface area (Å²) in [5.74, 6) is 2.99. The number of ether oxygens (including phenoxy) is 3. The van der Waals surface area contributed by atoms with Crippen LogP contribution in [0.5, 0.6) is 5.75 Å². The number of nitrogens with zero attached hydrogens (tertiary/aromatic N) is 15. The Morgan fingerprint density at radius 1 is 0.496 bits per heavy atom. The summed E-state index contributed by atoms with van der Waals surface area (Å²) < 4.78 is 140. The van der Waals surface area contributed by atoms with Crippen LogP contribution >= 0.6 is 0 Å². The van der Waals surface area contributed by atoms with Crippen LogP contribution in [0.25, 0.3) is 32.7 Å². The fraction of sp³-hybridized carbons (Fsp3) is 0.434. The Morgan fingerprint density at radius 2 is 0.878 bits per heavy atom. The summed E-state index contributed by atoms with van der Waals surface area (Å²) in [7, 11) is 3.50. The SMILES string of the molecule is COC(=O)c1ccc(OCCN2CCN(c3cc4c(N[C@H](C)c5cccc(C(F)F)c5F)nc(C)nc4cn3)CC2)cc1.Cc1nc(N[C@H](C)c2cccc(C(F)F)c2F)c2cc(N3CC4(CCN(C(=O)OC(C)(C)C)C4)C3)ncc2n1.Cc1nc(N[C@H](C)c2cccc(C(F)F)c2F)c2cc(N3CC4(CCN(C)C4)C3)ncc2n1. The van der Waals surface area contributed by atoms with E-state index in [1.807, 2.05) is 39.0 Å². The Hall–Kier alpha value is -11.0. The van der Waals surface area contributed by atoms with E-state index in [4.69, 9.17) is 14.2 Å². The number of rotatable bonds is 20. The van der Waals surface area contributed by atoms with E-state index < -0.39 is 77.1 Å². The standard InChI is InChI=1S/C31H33F3N6O3.C28H33F3N6O2.C24H27F3N6/c1-19(23-5-4-6-24(28(23)32)29(33)34)36-30-25-17-27(35-18-26(25)37-20(2)38-30)40-13-11-39(12-14-40)15-16-43-22-9-7-21(8-10-22)31(41)42-3;1-16(18-7-6-8-19(23(18)29)24(30)31)33-25-20-11-22(32-12-21(20)34-17(2)35-25)37-14-28(15-37)9-10-36(13-28)26(38)39-27(3,4)5;1-14(16-5-4-6-17(21(16)25)22(26)27)29-23-18-9-20(28-10-19(18)30-15(2)31-23)33-12-24(13-33)7-8-32(3)11-24/h4-10,17-19,29H,11-16H2,1-3H3,(H,36,37,38);6-8,11-12,16,24H,9-10,13-15H2,1-5H3,(H,33,34,35);4-6,9-10,14,22H,7-8,11-13H2,1-3H3,(H,29,30,31)/t19-;16-;14-/m111/s1. The number of piperazine rings is 1. The maximum absolute atomic E-state index is 14.8. The predicted octanol–water partition coefficient (Wildman–Crippen LogP) is 16.3. The highest BCUT2D eigenvalue weighted by molar-refractivity contribution is 5.93. The number of carbonyl (C=O) groups is 2. The highest BCUT2D eigenvalue weighted by Gasteiger charge is 2.50. The van der Waals surface area contributed by atoms with Crippen LogP contribution in [0.3, 0.4) is 0 Å². The molecular weight excluding hydrogens is 1500 g/mol. The summed E-state index contributed by atoms with van der Waals surface area (Å²) in [6, 6.07) is 22.9. The van der Waals surface area contributed by atoms with E-state index in [2.05, 4.69) is 92.4 Å². The van der Waals surface area contributed by atoms with Crippen LogP contribution in [0.1, 0.15) is 153 Å². The largest absolute Gasteiger partial charge is 0.492 e. The van der Waals surface area contributed by atoms with Gasteiger partial charge in [-0.25, -0.2) is 94.0 Å². The highest BCUT2D eigenvalue weighted by Crippen LogP contribution is 2.45. The number of likely N-dealkylation sites (tertiary alicyclic amines) is 2. The van der Waals surface area contributed by atoms with Crippen molar-refractivity contribution in [3.05, 3.63) is 190 Å². The van der Waals surface area contributed by atoms with Crippen molar-refractivity contribution < 1.29 is 63.3 Å². The maximum Gasteiger partial charge on any atom is 0.410 e. The molecule has 3 N–H and O–H groups in total. The number of carbonyl (C=O) groups excluding carboxylic acids is 2. The van der Waals surface area contributed by atoms with E-state index in [0.717, 1.165) is 119 Å². The first kappa shape index (κ1) is 82.0. The van der Waals surface area contributed by atoms with Crippen molar-refractivity contribution >= 4 is 79.7 Å². The first-order chi connectivity index (χ1) is 54.8. The summed E-state index contributed by atoms with van der Waals surface area (Å²) in [6.45, 7) is 27.4. The van der Waals surface area contributed by atoms with Gasteiger partial charge in [0.15, 0.2) is 0 Å². The Labute approximate surface area is 660 Å². The van der Waals surface area contributed by atoms with Crippen LogP contribution in [0, 0.1) is 49.1 Å². The quantitative estimate of drug-likeness (QED) is 0.0475. The fourth-order valence-corrected chi connectivity index (χ4v) is 15.6. The minimum atomic E-state index is -2.90. The predicted molar refractivity (Wildman–Crippen MR) is 422 cm³/mol. The third kappa shape index (κ3) is 18.7. The number of hydrogen-bond acceptors (Lipinski definition) is 22. The smallest absolute Gasteiger partial charge is 0.410 e. The molecule has 0 aliphatic carbocycles. The molecule has 0 radical (unpaired) electrons. The molecular formula is C83H93F9N18O5. The normalized spacial score (nSPS) is 16.8. The second-order valence-corrected chi connectivity index (χ2v) is 31.3. The van der Waals surface area contributed by atoms with Crippen molar-refractivity contribution in [3.8, 4) is 5.75 Å². The van der Waals surface area contributed by atoms with Crippen LogP contribution in [-0.4, -0.2) is 183 Å². The number of alkyl halides is 6. The average molecular weight is 1590 g/mol. The van der Waals surface area contributed by atoms with Gasteiger partial charge in [-0.15, -0.1) is 0 Å². The molecule has 5 aliphatic rings. The van der Waals surface area contributed by atoms with Crippen molar-refractivity contribution in [2.45, 2.75) is 118 Å². The van der Waals surface area contributed by atoms with Crippen molar-refractivity contribution in [3.63, 3.8) is 0 Å². The van der Waals surface area contributed by atoms with E-state index in [1.54, 1.807) is 89.3 Å². The van der Waals surface area contributed by atoms with Gasteiger partial charge in [-0.3, -0.25) is 4.90 Å². The molecule has 10 aromatic rings. The topological polar surface area (TPSA) is 233 Å². The summed E-state index contributed by atoms with van der Waals surface area (Å²) in [6.07, 6.45) is -1.75. The molecule has 11 heterocycles. The molecule has 15 rings (SSSR count). The second-order valence-electron chi connectivity index (χ2n) is 31.3. The number of hydrogen-bond donors (Lipinski definition) is 3. The van der Waals surface area contributed by atoms with Gasteiger partial charge in [-0.2, -0.15) is 0 Å². The number of anilines is 6. The number of nitrogens with one attached hydrogen (secondary N) is 3. The Morgan fingerprint density at radius 3 is 1.25 bits per heavy atom. The lowest BCUT2D eigenvalue weighted by Gasteiger charge is -2.48. The number of aromatic nitrogens is 9. The van der Waals surface area contributed by atoms with E-state index in [0.29, 0.717) is 98.7 Å². The van der Waals surface area contributed by atoms with Crippen molar-refractivity contribution in [1.29, 1.82) is 0 Å². The molecule has 4 aromatic carbocycles. The van der Waals surface area contributed by atoms with E-state index in [9.17, 15) is 49.1 Å². The van der Waals surface area contributed by atoms with E-state index in [-0.39, 0.29) is 34.2 Å². The minimum absolute atomic E-state index is 0.000154. The molecule has 3 atom stereocenters. The van der Waals surface area contributed by atoms with Gasteiger partial charge in [0.2, 0.25) is 0 Å². The van der Waals surface area contributed by atoms with Crippen LogP contribution in [0.4, 0.5) is 79.2 Å². The minimum Gasteiger partial charge on any atom is -0.492 e. The summed E-state index contributed by atoms with van der Waals surface area (Å²) in [5.41, 5.74) is 0.801. The highest BCUT2D eigenvalue weighted by atomic mass is 19.3. The molecule has 0 saturated carbocycles. The number of halogens is 9. The Kier molecular flexibility index (Phi) is 24.4. The monoisotopic (exact) mass is 1590 g/mol. The zero-order chi connectivity index (χ0) is 81.9. The van der Waals surface area contributed by atoms with Crippen LogP contribution in [-0.2, 0) is 9.47 Å². The van der Waals surface area contributed by atoms with Gasteiger partial charge in [0.05, 0.1) is 82.6 Å². The van der Waals surface area contributed by atoms with Crippen LogP contribution in [0.2, 0.25) is 0 Å². The summed E-state index contributed by atoms with van der Waals surface area (Å²) >= 11 is 0. The molecule has 0 unspecified atom stereocenters. The van der Waals surface area contributed by atoms with Gasteiger partial charge >= 0.3 is 12.1 Å². The number of fused-ring (bicyclic) bond motifs is 3. The zero-order valence-electron chi connectivity index (χ0n) is 65.9. The summed E-state index contributed by atoms with van der Waals surface area (Å²) in [5, 5.41) is 11.8. The molecule has 2 spiro atoms. The van der Waals surface area contributed by atoms with Gasteiger partial charge in [0, 0.05) is 122 Å². The third-order valence-corrected chi connectivity index (χ3v) is 21.5. The molecule has 608 valence electrons. The van der Waals surface area contributed by atoms with Gasteiger partial charge in [0.1, 0.15) is 87.8 Å². The van der Waals surface area contributed by atoms with E-state index >= 15 is 0 Å². The molecule has 115 heavy (non-hydrogen) atoms. The van der Waals surface area contributed by atoms with Crippen molar-refractivity contribution in [2.24, 2.45) is 10.8 Å². The number of amides is 1. The summed E-state index contributed by atoms with van der Waals surface area (Å²) in [4.78, 5) is 78.1. The van der Waals surface area contributed by atoms with Gasteiger partial charge < -0.3 is 54.7 Å². The molecule has 1 amide bonds. The lowest BCUT2D eigenvalue weighted by Crippen LogP contribution is -2.58. The first-order valence-electron chi connectivity index (χ1n) is 38.2. The first-order valence-corrected chi connectivity index (χ1v) is 38.2. The lowest BCUT2D eigenvalue weighted by molar-refractivity contribution is 0.0264. The number of aryl methyl sites for hydroxylation is 3. The number of esters is 1. The molecule has 0 bridgehead atoms.